The first kappa shape index (κ1) is 17.7. The molecule has 0 amide bonds. The normalized spacial score (nSPS) is 24.7. The monoisotopic (exact) mass is 375 g/mol. The van der Waals surface area contributed by atoms with Crippen LogP contribution in [0.2, 0.25) is 0 Å². The predicted molar refractivity (Wildman–Crippen MR) is 100 cm³/mol. The summed E-state index contributed by atoms with van der Waals surface area (Å²) in [5, 5.41) is 4.21. The highest BCUT2D eigenvalue weighted by molar-refractivity contribution is 7.88. The molecule has 2 aromatic rings. The lowest BCUT2D eigenvalue weighted by Crippen LogP contribution is -2.43. The molecule has 3 fully saturated rings. The molecule has 2 atom stereocenters. The lowest BCUT2D eigenvalue weighted by Gasteiger charge is -2.35. The quantitative estimate of drug-likeness (QED) is 0.821. The predicted octanol–water partition coefficient (Wildman–Crippen LogP) is 2.51. The van der Waals surface area contributed by atoms with Crippen LogP contribution in [-0.2, 0) is 16.6 Å². The summed E-state index contributed by atoms with van der Waals surface area (Å²) in [6, 6.07) is 10.5. The molecule has 0 saturated carbocycles. The minimum Gasteiger partial charge on any atom is -0.359 e. The van der Waals surface area contributed by atoms with E-state index in [9.17, 15) is 8.42 Å². The lowest BCUT2D eigenvalue weighted by molar-refractivity contribution is 0.113. The van der Waals surface area contributed by atoms with Gasteiger partial charge in [-0.1, -0.05) is 35.0 Å². The van der Waals surface area contributed by atoms with Crippen molar-refractivity contribution in [3.63, 3.8) is 0 Å². The fraction of sp³-hybridized carbons (Fsp3) is 0.526. The fourth-order valence-corrected chi connectivity index (χ4v) is 4.97. The van der Waals surface area contributed by atoms with Crippen molar-refractivity contribution >= 4 is 10.0 Å². The number of rotatable bonds is 4. The van der Waals surface area contributed by atoms with Crippen molar-refractivity contribution in [3.8, 4) is 11.3 Å². The zero-order valence-electron chi connectivity index (χ0n) is 15.3. The number of aryl methyl sites for hydroxylation is 1. The van der Waals surface area contributed by atoms with Crippen molar-refractivity contribution < 1.29 is 12.9 Å². The van der Waals surface area contributed by atoms with Gasteiger partial charge in [0.2, 0.25) is 10.0 Å². The van der Waals surface area contributed by atoms with Gasteiger partial charge in [-0.25, -0.2) is 12.7 Å². The van der Waals surface area contributed by atoms with Crippen LogP contribution in [0.15, 0.2) is 34.9 Å². The molecular weight excluding hydrogens is 350 g/mol. The first-order chi connectivity index (χ1) is 12.4. The third-order valence-corrected chi connectivity index (χ3v) is 6.76. The van der Waals surface area contributed by atoms with E-state index in [0.29, 0.717) is 25.6 Å². The average molecular weight is 375 g/mol. The van der Waals surface area contributed by atoms with Crippen molar-refractivity contribution in [3.05, 3.63) is 41.7 Å². The van der Waals surface area contributed by atoms with Crippen LogP contribution in [0.3, 0.4) is 0 Å². The molecule has 7 heteroatoms. The molecule has 6 nitrogen and oxygen atoms in total. The number of sulfonamides is 1. The third-order valence-electron chi connectivity index (χ3n) is 5.53. The van der Waals surface area contributed by atoms with Crippen LogP contribution in [0.1, 0.15) is 24.2 Å². The maximum atomic E-state index is 12.0. The molecule has 2 bridgehead atoms. The maximum absolute atomic E-state index is 12.0. The highest BCUT2D eigenvalue weighted by Crippen LogP contribution is 2.30. The van der Waals surface area contributed by atoms with Crippen LogP contribution in [0.5, 0.6) is 0 Å². The molecule has 0 unspecified atom stereocenters. The van der Waals surface area contributed by atoms with E-state index in [1.807, 2.05) is 6.07 Å². The molecule has 0 N–H and O–H groups in total. The molecule has 4 heterocycles. The van der Waals surface area contributed by atoms with Gasteiger partial charge in [0.25, 0.3) is 0 Å². The van der Waals surface area contributed by atoms with Gasteiger partial charge in [-0.2, -0.15) is 0 Å². The second kappa shape index (κ2) is 6.79. The zero-order chi connectivity index (χ0) is 18.3. The van der Waals surface area contributed by atoms with Gasteiger partial charge < -0.3 is 4.52 Å². The molecule has 3 aliphatic rings. The SMILES string of the molecule is Cc1ccc(-c2cc(CN3C[C@H]4CC[C@@H]3CN(S(C)(=O)=O)C4)on2)cc1. The molecule has 5 rings (SSSR count). The summed E-state index contributed by atoms with van der Waals surface area (Å²) in [6.45, 7) is 4.87. The number of fused-ring (bicyclic) bond motifs is 4. The van der Waals surface area contributed by atoms with E-state index in [-0.39, 0.29) is 6.04 Å². The molecule has 26 heavy (non-hydrogen) atoms. The van der Waals surface area contributed by atoms with E-state index in [1.54, 1.807) is 4.31 Å². The third kappa shape index (κ3) is 3.70. The number of piperidine rings is 1. The Labute approximate surface area is 154 Å². The van der Waals surface area contributed by atoms with Crippen molar-refractivity contribution in [2.75, 3.05) is 25.9 Å². The van der Waals surface area contributed by atoms with E-state index in [4.69, 9.17) is 4.52 Å². The average Bonchev–Trinajstić information content (AvgIpc) is 2.84. The molecule has 0 radical (unpaired) electrons. The number of benzene rings is 1. The van der Waals surface area contributed by atoms with Gasteiger partial charge >= 0.3 is 0 Å². The summed E-state index contributed by atoms with van der Waals surface area (Å²) in [5.74, 6) is 1.22. The summed E-state index contributed by atoms with van der Waals surface area (Å²) in [6.07, 6.45) is 3.44. The van der Waals surface area contributed by atoms with Crippen LogP contribution in [0.4, 0.5) is 0 Å². The van der Waals surface area contributed by atoms with Gasteiger partial charge in [-0.3, -0.25) is 4.90 Å². The summed E-state index contributed by atoms with van der Waals surface area (Å²) in [5.41, 5.74) is 3.11. The van der Waals surface area contributed by atoms with E-state index in [0.717, 1.165) is 36.4 Å². The Kier molecular flexibility index (Phi) is 4.62. The van der Waals surface area contributed by atoms with Crippen molar-refractivity contribution in [2.45, 2.75) is 32.4 Å². The summed E-state index contributed by atoms with van der Waals surface area (Å²) in [4.78, 5) is 2.36. The minimum atomic E-state index is -3.14. The molecule has 1 aromatic heterocycles. The standard InChI is InChI=1S/C19H25N3O3S/c1-14-3-6-16(7-4-14)19-9-18(25-20-19)13-21-10-15-5-8-17(21)12-22(11-15)26(2,23)24/h3-4,6-7,9,15,17H,5,8,10-13H2,1-2H3/t15-,17-/m1/s1. The molecule has 140 valence electrons. The second-order valence-corrected chi connectivity index (χ2v) is 9.63. The Morgan fingerprint density at radius 3 is 2.65 bits per heavy atom. The van der Waals surface area contributed by atoms with Crippen LogP contribution < -0.4 is 0 Å². The van der Waals surface area contributed by atoms with Crippen molar-refractivity contribution in [1.82, 2.24) is 14.4 Å². The van der Waals surface area contributed by atoms with E-state index in [2.05, 4.69) is 41.2 Å². The summed E-state index contributed by atoms with van der Waals surface area (Å²) >= 11 is 0. The Hall–Kier alpha value is -1.70. The van der Waals surface area contributed by atoms with Crippen molar-refractivity contribution in [1.29, 1.82) is 0 Å². The molecule has 3 saturated heterocycles. The fourth-order valence-electron chi connectivity index (χ4n) is 4.05. The zero-order valence-corrected chi connectivity index (χ0v) is 16.1. The van der Waals surface area contributed by atoms with Gasteiger partial charge in [0, 0.05) is 37.3 Å². The maximum Gasteiger partial charge on any atom is 0.211 e. The topological polar surface area (TPSA) is 66.7 Å². The highest BCUT2D eigenvalue weighted by Gasteiger charge is 2.37. The number of hydrogen-bond donors (Lipinski definition) is 0. The van der Waals surface area contributed by atoms with Crippen LogP contribution >= 0.6 is 0 Å². The van der Waals surface area contributed by atoms with Gasteiger partial charge in [0.05, 0.1) is 12.8 Å². The minimum absolute atomic E-state index is 0.247. The van der Waals surface area contributed by atoms with Crippen LogP contribution in [0, 0.1) is 12.8 Å². The van der Waals surface area contributed by atoms with E-state index < -0.39 is 10.0 Å². The first-order valence-corrected chi connectivity index (χ1v) is 10.9. The molecule has 3 aliphatic heterocycles. The number of aromatic nitrogens is 1. The summed E-state index contributed by atoms with van der Waals surface area (Å²) < 4.78 is 31.2. The number of hydrogen-bond acceptors (Lipinski definition) is 5. The molecule has 0 spiro atoms. The van der Waals surface area contributed by atoms with E-state index >= 15 is 0 Å². The largest absolute Gasteiger partial charge is 0.359 e. The Balaban J connectivity index is 1.49. The lowest BCUT2D eigenvalue weighted by atomic mass is 9.95. The Bertz CT molecular complexity index is 876. The van der Waals surface area contributed by atoms with Crippen molar-refractivity contribution in [2.24, 2.45) is 5.92 Å². The first-order valence-electron chi connectivity index (χ1n) is 9.10. The van der Waals surface area contributed by atoms with Crippen LogP contribution in [0.25, 0.3) is 11.3 Å². The highest BCUT2D eigenvalue weighted by atomic mass is 32.2. The van der Waals surface area contributed by atoms with Gasteiger partial charge in [0.15, 0.2) is 5.76 Å². The van der Waals surface area contributed by atoms with Crippen LogP contribution in [-0.4, -0.2) is 54.7 Å². The molecular formula is C19H25N3O3S. The van der Waals surface area contributed by atoms with Gasteiger partial charge in [0.1, 0.15) is 5.69 Å². The number of nitrogens with zero attached hydrogens (tertiary/aromatic N) is 3. The smallest absolute Gasteiger partial charge is 0.211 e. The second-order valence-electron chi connectivity index (χ2n) is 7.65. The van der Waals surface area contributed by atoms with Gasteiger partial charge in [-0.05, 0) is 25.7 Å². The molecule has 0 aliphatic carbocycles. The Morgan fingerprint density at radius 2 is 1.92 bits per heavy atom. The Morgan fingerprint density at radius 1 is 1.15 bits per heavy atom. The van der Waals surface area contributed by atoms with E-state index in [1.165, 1.54) is 11.8 Å². The van der Waals surface area contributed by atoms with Gasteiger partial charge in [-0.15, -0.1) is 0 Å². The molecule has 1 aromatic carbocycles. The summed E-state index contributed by atoms with van der Waals surface area (Å²) in [7, 11) is -3.14.